The second kappa shape index (κ2) is 7.74. The fraction of sp³-hybridized carbons (Fsp3) is 0.438. The largest absolute Gasteiger partial charge is 0.478 e. The highest BCUT2D eigenvalue weighted by atomic mass is 16.4. The van der Waals surface area contributed by atoms with Crippen LogP contribution >= 0.6 is 0 Å². The topological polar surface area (TPSA) is 49.3 Å². The van der Waals surface area contributed by atoms with Gasteiger partial charge in [0.25, 0.3) is 0 Å². The van der Waals surface area contributed by atoms with Crippen LogP contribution in [0.1, 0.15) is 36.5 Å². The Kier molecular flexibility index (Phi) is 6.30. The molecular weight excluding hydrogens is 238 g/mol. The molecule has 1 aromatic rings. The first-order valence-corrected chi connectivity index (χ1v) is 6.70. The quantitative estimate of drug-likeness (QED) is 0.586. The van der Waals surface area contributed by atoms with E-state index in [0.29, 0.717) is 12.5 Å². The summed E-state index contributed by atoms with van der Waals surface area (Å²) in [5, 5.41) is 11.7. The van der Waals surface area contributed by atoms with E-state index in [1.54, 1.807) is 6.08 Å². The van der Waals surface area contributed by atoms with Crippen LogP contribution in [-0.4, -0.2) is 24.2 Å². The van der Waals surface area contributed by atoms with Gasteiger partial charge in [-0.15, -0.1) is 0 Å². The Morgan fingerprint density at radius 3 is 2.79 bits per heavy atom. The van der Waals surface area contributed by atoms with Gasteiger partial charge in [0.15, 0.2) is 0 Å². The van der Waals surface area contributed by atoms with Gasteiger partial charge in [0.05, 0.1) is 0 Å². The minimum atomic E-state index is -0.901. The SMILES string of the molecule is Cc1ccc(C(C)C)cc1CCNC/C=C/C(=O)O. The van der Waals surface area contributed by atoms with Gasteiger partial charge in [-0.25, -0.2) is 4.79 Å². The van der Waals surface area contributed by atoms with Crippen molar-refractivity contribution in [3.05, 3.63) is 47.0 Å². The van der Waals surface area contributed by atoms with Gasteiger partial charge in [-0.1, -0.05) is 38.1 Å². The molecular formula is C16H23NO2. The molecule has 1 rings (SSSR count). The molecule has 0 heterocycles. The van der Waals surface area contributed by atoms with Crippen molar-refractivity contribution in [2.24, 2.45) is 0 Å². The van der Waals surface area contributed by atoms with Crippen LogP contribution in [0.4, 0.5) is 0 Å². The number of carboxylic acids is 1. The summed E-state index contributed by atoms with van der Waals surface area (Å²) in [7, 11) is 0. The van der Waals surface area contributed by atoms with Gasteiger partial charge < -0.3 is 10.4 Å². The number of hydrogen-bond donors (Lipinski definition) is 2. The Morgan fingerprint density at radius 1 is 1.42 bits per heavy atom. The van der Waals surface area contributed by atoms with Gasteiger partial charge in [0.2, 0.25) is 0 Å². The average molecular weight is 261 g/mol. The predicted molar refractivity (Wildman–Crippen MR) is 78.6 cm³/mol. The maximum atomic E-state index is 10.3. The molecule has 0 saturated heterocycles. The molecule has 19 heavy (non-hydrogen) atoms. The Hall–Kier alpha value is -1.61. The molecule has 3 nitrogen and oxygen atoms in total. The van der Waals surface area contributed by atoms with E-state index >= 15 is 0 Å². The van der Waals surface area contributed by atoms with Crippen LogP contribution < -0.4 is 5.32 Å². The smallest absolute Gasteiger partial charge is 0.328 e. The second-order valence-corrected chi connectivity index (χ2v) is 5.04. The molecule has 0 fully saturated rings. The lowest BCUT2D eigenvalue weighted by Crippen LogP contribution is -2.17. The monoisotopic (exact) mass is 261 g/mol. The van der Waals surface area contributed by atoms with E-state index in [2.05, 4.69) is 44.3 Å². The highest BCUT2D eigenvalue weighted by Gasteiger charge is 2.03. The average Bonchev–Trinajstić information content (AvgIpc) is 2.34. The highest BCUT2D eigenvalue weighted by Crippen LogP contribution is 2.18. The zero-order valence-corrected chi connectivity index (χ0v) is 11.9. The van der Waals surface area contributed by atoms with E-state index in [0.717, 1.165) is 19.0 Å². The normalized spacial score (nSPS) is 11.4. The first kappa shape index (κ1) is 15.4. The standard InChI is InChI=1S/C16H23NO2/c1-12(2)14-7-6-13(3)15(11-14)8-10-17-9-4-5-16(18)19/h4-7,11-12,17H,8-10H2,1-3H3,(H,18,19)/b5-4+. The molecule has 0 aliphatic heterocycles. The van der Waals surface area contributed by atoms with Crippen molar-refractivity contribution in [2.75, 3.05) is 13.1 Å². The summed E-state index contributed by atoms with van der Waals surface area (Å²) in [6.07, 6.45) is 3.75. The van der Waals surface area contributed by atoms with Gasteiger partial charge in [-0.2, -0.15) is 0 Å². The van der Waals surface area contributed by atoms with Crippen LogP contribution in [0.15, 0.2) is 30.4 Å². The van der Waals surface area contributed by atoms with Crippen LogP contribution in [0.2, 0.25) is 0 Å². The second-order valence-electron chi connectivity index (χ2n) is 5.04. The van der Waals surface area contributed by atoms with E-state index in [1.165, 1.54) is 16.7 Å². The lowest BCUT2D eigenvalue weighted by Gasteiger charge is -2.11. The van der Waals surface area contributed by atoms with E-state index in [-0.39, 0.29) is 0 Å². The molecule has 0 aliphatic rings. The molecule has 0 bridgehead atoms. The van der Waals surface area contributed by atoms with Crippen molar-refractivity contribution >= 4 is 5.97 Å². The highest BCUT2D eigenvalue weighted by molar-refractivity contribution is 5.79. The Morgan fingerprint density at radius 2 is 2.16 bits per heavy atom. The third-order valence-electron chi connectivity index (χ3n) is 3.13. The van der Waals surface area contributed by atoms with Gasteiger partial charge in [0, 0.05) is 12.6 Å². The Bertz CT molecular complexity index is 450. The maximum absolute atomic E-state index is 10.3. The minimum absolute atomic E-state index is 0.547. The van der Waals surface area contributed by atoms with E-state index in [9.17, 15) is 4.79 Å². The molecule has 0 spiro atoms. The summed E-state index contributed by atoms with van der Waals surface area (Å²) in [6, 6.07) is 6.64. The number of rotatable bonds is 7. The predicted octanol–water partition coefficient (Wildman–Crippen LogP) is 2.89. The van der Waals surface area contributed by atoms with Crippen LogP contribution in [0.5, 0.6) is 0 Å². The van der Waals surface area contributed by atoms with Gasteiger partial charge in [-0.3, -0.25) is 0 Å². The lowest BCUT2D eigenvalue weighted by atomic mass is 9.96. The number of aliphatic carboxylic acids is 1. The van der Waals surface area contributed by atoms with Crippen LogP contribution in [0.25, 0.3) is 0 Å². The number of benzene rings is 1. The number of hydrogen-bond acceptors (Lipinski definition) is 2. The van der Waals surface area contributed by atoms with E-state index in [4.69, 9.17) is 5.11 Å². The molecule has 0 aromatic heterocycles. The zero-order chi connectivity index (χ0) is 14.3. The summed E-state index contributed by atoms with van der Waals surface area (Å²) in [6.45, 7) is 7.97. The minimum Gasteiger partial charge on any atom is -0.478 e. The van der Waals surface area contributed by atoms with Crippen LogP contribution in [0.3, 0.4) is 0 Å². The number of carboxylic acid groups (broad SMARTS) is 1. The summed E-state index contributed by atoms with van der Waals surface area (Å²) in [5.74, 6) is -0.354. The number of carbonyl (C=O) groups is 1. The maximum Gasteiger partial charge on any atom is 0.328 e. The number of aryl methyl sites for hydroxylation is 1. The van der Waals surface area contributed by atoms with E-state index in [1.807, 2.05) is 0 Å². The number of nitrogens with one attached hydrogen (secondary N) is 1. The fourth-order valence-electron chi connectivity index (χ4n) is 1.89. The molecule has 0 saturated carbocycles. The van der Waals surface area contributed by atoms with Gasteiger partial charge in [-0.05, 0) is 42.5 Å². The zero-order valence-electron chi connectivity index (χ0n) is 11.9. The van der Waals surface area contributed by atoms with Crippen molar-refractivity contribution in [3.8, 4) is 0 Å². The summed E-state index contributed by atoms with van der Waals surface area (Å²) in [4.78, 5) is 10.3. The lowest BCUT2D eigenvalue weighted by molar-refractivity contribution is -0.131. The van der Waals surface area contributed by atoms with Crippen LogP contribution in [0, 0.1) is 6.92 Å². The van der Waals surface area contributed by atoms with E-state index < -0.39 is 5.97 Å². The molecule has 0 radical (unpaired) electrons. The molecule has 0 unspecified atom stereocenters. The van der Waals surface area contributed by atoms with Crippen molar-refractivity contribution in [2.45, 2.75) is 33.1 Å². The summed E-state index contributed by atoms with van der Waals surface area (Å²) >= 11 is 0. The fourth-order valence-corrected chi connectivity index (χ4v) is 1.89. The van der Waals surface area contributed by atoms with Gasteiger partial charge >= 0.3 is 5.97 Å². The molecule has 2 N–H and O–H groups in total. The third kappa shape index (κ3) is 5.71. The van der Waals surface area contributed by atoms with Crippen LogP contribution in [-0.2, 0) is 11.2 Å². The van der Waals surface area contributed by atoms with Crippen molar-refractivity contribution in [1.82, 2.24) is 5.32 Å². The third-order valence-corrected chi connectivity index (χ3v) is 3.13. The van der Waals surface area contributed by atoms with Gasteiger partial charge in [0.1, 0.15) is 0 Å². The molecule has 0 atom stereocenters. The van der Waals surface area contributed by atoms with Crippen molar-refractivity contribution in [1.29, 1.82) is 0 Å². The molecule has 1 aromatic carbocycles. The Labute approximate surface area is 115 Å². The molecule has 104 valence electrons. The van der Waals surface area contributed by atoms with Crippen molar-refractivity contribution < 1.29 is 9.90 Å². The summed E-state index contributed by atoms with van der Waals surface area (Å²) < 4.78 is 0. The Balaban J connectivity index is 2.44. The molecule has 0 aliphatic carbocycles. The van der Waals surface area contributed by atoms with Crippen molar-refractivity contribution in [3.63, 3.8) is 0 Å². The first-order chi connectivity index (χ1) is 9.00. The first-order valence-electron chi connectivity index (χ1n) is 6.70. The molecule has 3 heteroatoms. The molecule has 0 amide bonds. The summed E-state index contributed by atoms with van der Waals surface area (Å²) in [5.41, 5.74) is 4.04.